The summed E-state index contributed by atoms with van der Waals surface area (Å²) in [4.78, 5) is 4.52. The second kappa shape index (κ2) is 5.58. The Labute approximate surface area is 114 Å². The van der Waals surface area contributed by atoms with Gasteiger partial charge in [0.1, 0.15) is 0 Å². The highest BCUT2D eigenvalue weighted by atomic mass is 79.9. The van der Waals surface area contributed by atoms with Crippen molar-refractivity contribution in [2.75, 3.05) is 6.54 Å². The Morgan fingerprint density at radius 1 is 1.56 bits per heavy atom. The van der Waals surface area contributed by atoms with Crippen LogP contribution in [-0.4, -0.2) is 22.5 Å². The number of hydrogen-bond donors (Lipinski definition) is 1. The number of nitrogens with zero attached hydrogens (tertiary/aromatic N) is 1. The molecular formula is C11H15BrN2S2. The summed E-state index contributed by atoms with van der Waals surface area (Å²) in [6.45, 7) is 2.03. The van der Waals surface area contributed by atoms with Gasteiger partial charge in [0, 0.05) is 30.4 Å². The van der Waals surface area contributed by atoms with Crippen molar-refractivity contribution < 1.29 is 0 Å². The number of rotatable bonds is 6. The Morgan fingerprint density at radius 3 is 2.81 bits per heavy atom. The summed E-state index contributed by atoms with van der Waals surface area (Å²) in [5, 5.41) is 0. The van der Waals surface area contributed by atoms with Gasteiger partial charge >= 0.3 is 0 Å². The van der Waals surface area contributed by atoms with E-state index in [0.717, 1.165) is 25.6 Å². The fourth-order valence-corrected chi connectivity index (χ4v) is 3.32. The number of thiocarbonyl (C=S) groups is 1. The summed E-state index contributed by atoms with van der Waals surface area (Å²) in [5.41, 5.74) is 5.56. The van der Waals surface area contributed by atoms with Crippen LogP contribution in [-0.2, 0) is 6.54 Å². The molecule has 0 atom stereocenters. The molecule has 0 bridgehead atoms. The normalized spacial score (nSPS) is 15.6. The SMILES string of the molecule is NC(=S)CCN(Cc1ccc(Br)s1)C1CC1. The first kappa shape index (κ1) is 12.5. The number of halogens is 1. The first-order valence-corrected chi connectivity index (χ1v) is 7.43. The van der Waals surface area contributed by atoms with Crippen LogP contribution >= 0.6 is 39.5 Å². The first-order chi connectivity index (χ1) is 7.65. The molecule has 2 N–H and O–H groups in total. The fraction of sp³-hybridized carbons (Fsp3) is 0.545. The van der Waals surface area contributed by atoms with E-state index in [4.69, 9.17) is 18.0 Å². The van der Waals surface area contributed by atoms with Crippen molar-refractivity contribution in [1.29, 1.82) is 0 Å². The van der Waals surface area contributed by atoms with Gasteiger partial charge in [-0.2, -0.15) is 0 Å². The Morgan fingerprint density at radius 2 is 2.31 bits per heavy atom. The summed E-state index contributed by atoms with van der Waals surface area (Å²) in [5.74, 6) is 0. The van der Waals surface area contributed by atoms with Gasteiger partial charge in [0.2, 0.25) is 0 Å². The molecule has 5 heteroatoms. The third-order valence-electron chi connectivity index (χ3n) is 2.70. The molecule has 2 rings (SSSR count). The van der Waals surface area contributed by atoms with Crippen LogP contribution in [0.25, 0.3) is 0 Å². The van der Waals surface area contributed by atoms with E-state index < -0.39 is 0 Å². The van der Waals surface area contributed by atoms with Gasteiger partial charge in [0.05, 0.1) is 8.77 Å². The largest absolute Gasteiger partial charge is 0.393 e. The maximum Gasteiger partial charge on any atom is 0.0740 e. The van der Waals surface area contributed by atoms with Gasteiger partial charge in [-0.05, 0) is 40.9 Å². The van der Waals surface area contributed by atoms with Crippen LogP contribution in [0.3, 0.4) is 0 Å². The zero-order chi connectivity index (χ0) is 11.5. The van der Waals surface area contributed by atoms with Crippen molar-refractivity contribution in [2.24, 2.45) is 5.73 Å². The molecule has 88 valence electrons. The zero-order valence-corrected chi connectivity index (χ0v) is 12.2. The molecule has 0 saturated heterocycles. The topological polar surface area (TPSA) is 29.3 Å². The van der Waals surface area contributed by atoms with Gasteiger partial charge in [0.25, 0.3) is 0 Å². The van der Waals surface area contributed by atoms with Crippen LogP contribution in [0.15, 0.2) is 15.9 Å². The highest BCUT2D eigenvalue weighted by Crippen LogP contribution is 2.30. The van der Waals surface area contributed by atoms with Crippen LogP contribution in [0.5, 0.6) is 0 Å². The average molecular weight is 319 g/mol. The lowest BCUT2D eigenvalue weighted by atomic mass is 10.3. The Kier molecular flexibility index (Phi) is 4.35. The Hall–Kier alpha value is 0.0300. The van der Waals surface area contributed by atoms with E-state index in [1.54, 1.807) is 11.3 Å². The number of hydrogen-bond acceptors (Lipinski definition) is 3. The van der Waals surface area contributed by atoms with Gasteiger partial charge in [-0.15, -0.1) is 11.3 Å². The monoisotopic (exact) mass is 318 g/mol. The minimum absolute atomic E-state index is 0.623. The maximum atomic E-state index is 5.56. The molecule has 1 aromatic heterocycles. The van der Waals surface area contributed by atoms with E-state index >= 15 is 0 Å². The molecule has 1 saturated carbocycles. The predicted octanol–water partition coefficient (Wildman–Crippen LogP) is 3.15. The standard InChI is InChI=1S/C11H15BrN2S2/c12-10-4-3-9(16-10)7-14(8-1-2-8)6-5-11(13)15/h3-4,8H,1-2,5-7H2,(H2,13,15). The van der Waals surface area contributed by atoms with E-state index in [-0.39, 0.29) is 0 Å². The quantitative estimate of drug-likeness (QED) is 0.817. The van der Waals surface area contributed by atoms with Crippen molar-refractivity contribution in [3.63, 3.8) is 0 Å². The Bertz CT molecular complexity index is 374. The smallest absolute Gasteiger partial charge is 0.0740 e. The van der Waals surface area contributed by atoms with Gasteiger partial charge in [-0.1, -0.05) is 12.2 Å². The van der Waals surface area contributed by atoms with Gasteiger partial charge in [-0.3, -0.25) is 4.90 Å². The van der Waals surface area contributed by atoms with Crippen LogP contribution in [0, 0.1) is 0 Å². The van der Waals surface area contributed by atoms with Gasteiger partial charge in [-0.25, -0.2) is 0 Å². The second-order valence-corrected chi connectivity index (χ2v) is 7.20. The van der Waals surface area contributed by atoms with Crippen molar-refractivity contribution in [2.45, 2.75) is 31.8 Å². The molecule has 0 radical (unpaired) electrons. The summed E-state index contributed by atoms with van der Waals surface area (Å²) >= 11 is 10.2. The lowest BCUT2D eigenvalue weighted by Crippen LogP contribution is -2.28. The third-order valence-corrected chi connectivity index (χ3v) is 4.51. The maximum absolute atomic E-state index is 5.56. The van der Waals surface area contributed by atoms with E-state index in [0.29, 0.717) is 4.99 Å². The second-order valence-electron chi connectivity index (χ2n) is 4.12. The van der Waals surface area contributed by atoms with Crippen molar-refractivity contribution >= 4 is 44.5 Å². The lowest BCUT2D eigenvalue weighted by Gasteiger charge is -2.20. The molecule has 2 nitrogen and oxygen atoms in total. The molecule has 1 aromatic rings. The van der Waals surface area contributed by atoms with Crippen LogP contribution in [0.1, 0.15) is 24.1 Å². The molecule has 16 heavy (non-hydrogen) atoms. The van der Waals surface area contributed by atoms with Crippen molar-refractivity contribution in [1.82, 2.24) is 4.90 Å². The first-order valence-electron chi connectivity index (χ1n) is 5.41. The summed E-state index contributed by atoms with van der Waals surface area (Å²) in [6, 6.07) is 5.05. The van der Waals surface area contributed by atoms with Crippen LogP contribution < -0.4 is 5.73 Å². The van der Waals surface area contributed by atoms with Crippen LogP contribution in [0.4, 0.5) is 0 Å². The molecule has 0 aliphatic heterocycles. The number of thiophene rings is 1. The summed E-state index contributed by atoms with van der Waals surface area (Å²) in [6.07, 6.45) is 3.48. The molecular weight excluding hydrogens is 304 g/mol. The average Bonchev–Trinajstić information content (AvgIpc) is 2.98. The highest BCUT2D eigenvalue weighted by Gasteiger charge is 2.28. The van der Waals surface area contributed by atoms with Gasteiger partial charge < -0.3 is 5.73 Å². The highest BCUT2D eigenvalue weighted by molar-refractivity contribution is 9.11. The Balaban J connectivity index is 1.89. The molecule has 1 fully saturated rings. The third kappa shape index (κ3) is 3.80. The molecule has 0 unspecified atom stereocenters. The van der Waals surface area contributed by atoms with E-state index in [1.807, 2.05) is 0 Å². The molecule has 0 spiro atoms. The summed E-state index contributed by atoms with van der Waals surface area (Å²) < 4.78 is 1.20. The van der Waals surface area contributed by atoms with Gasteiger partial charge in [0.15, 0.2) is 0 Å². The zero-order valence-electron chi connectivity index (χ0n) is 8.99. The molecule has 1 heterocycles. The van der Waals surface area contributed by atoms with E-state index in [9.17, 15) is 0 Å². The number of nitrogens with two attached hydrogens (primary N) is 1. The minimum Gasteiger partial charge on any atom is -0.393 e. The van der Waals surface area contributed by atoms with Crippen molar-refractivity contribution in [3.8, 4) is 0 Å². The van der Waals surface area contributed by atoms with E-state index in [2.05, 4.69) is 33.0 Å². The minimum atomic E-state index is 0.623. The molecule has 1 aliphatic rings. The molecule has 1 aliphatic carbocycles. The fourth-order valence-electron chi connectivity index (χ4n) is 1.72. The van der Waals surface area contributed by atoms with E-state index in [1.165, 1.54) is 21.5 Å². The summed E-state index contributed by atoms with van der Waals surface area (Å²) in [7, 11) is 0. The van der Waals surface area contributed by atoms with Crippen molar-refractivity contribution in [3.05, 3.63) is 20.8 Å². The van der Waals surface area contributed by atoms with Crippen LogP contribution in [0.2, 0.25) is 0 Å². The molecule has 0 amide bonds. The lowest BCUT2D eigenvalue weighted by molar-refractivity contribution is 0.265. The predicted molar refractivity (Wildman–Crippen MR) is 76.9 cm³/mol. The molecule has 0 aromatic carbocycles.